The van der Waals surface area contributed by atoms with E-state index in [-0.39, 0.29) is 17.5 Å². The highest BCUT2D eigenvalue weighted by Gasteiger charge is 2.19. The second-order valence-electron chi connectivity index (χ2n) is 7.08. The maximum absolute atomic E-state index is 13.0. The number of aryl methyl sites for hydroxylation is 1. The molecule has 4 aromatic rings. The van der Waals surface area contributed by atoms with E-state index in [1.54, 1.807) is 16.8 Å². The first-order chi connectivity index (χ1) is 15.5. The van der Waals surface area contributed by atoms with E-state index in [0.717, 1.165) is 22.8 Å². The van der Waals surface area contributed by atoms with Crippen LogP contribution in [0.4, 0.5) is 0 Å². The number of thioether (sulfide) groups is 1. The smallest absolute Gasteiger partial charge is 0.337 e. The third-order valence-electron chi connectivity index (χ3n) is 5.05. The monoisotopic (exact) mass is 447 g/mol. The fraction of sp³-hybridized carbons (Fsp3) is 0.174. The minimum Gasteiger partial charge on any atom is -0.465 e. The number of hydrogen-bond acceptors (Lipinski definition) is 7. The third-order valence-corrected chi connectivity index (χ3v) is 5.97. The number of hydrogen-bond donors (Lipinski definition) is 0. The topological polar surface area (TPSA) is 91.9 Å². The molecule has 8 nitrogen and oxygen atoms in total. The van der Waals surface area contributed by atoms with Crippen molar-refractivity contribution in [1.82, 2.24) is 24.8 Å². The van der Waals surface area contributed by atoms with Gasteiger partial charge in [0.05, 0.1) is 24.1 Å². The highest BCUT2D eigenvalue weighted by atomic mass is 32.2. The molecule has 0 aliphatic heterocycles. The minimum atomic E-state index is -0.386. The summed E-state index contributed by atoms with van der Waals surface area (Å²) in [6.45, 7) is 3.86. The zero-order chi connectivity index (χ0) is 22.7. The van der Waals surface area contributed by atoms with Crippen LogP contribution in [-0.4, -0.2) is 49.4 Å². The van der Waals surface area contributed by atoms with Crippen LogP contribution in [0.15, 0.2) is 65.8 Å². The number of aromatic nitrogens is 5. The molecule has 0 radical (unpaired) electrons. The number of carbonyl (C=O) groups excluding carboxylic acids is 2. The van der Waals surface area contributed by atoms with E-state index in [0.29, 0.717) is 16.3 Å². The number of ketones is 1. The number of Topliss-reactive ketones (excluding diaryl/α,β-unsaturated/α-hetero) is 1. The van der Waals surface area contributed by atoms with Crippen molar-refractivity contribution in [3.63, 3.8) is 0 Å². The Bertz CT molecular complexity index is 1260. The number of para-hydroxylation sites is 1. The number of rotatable bonds is 7. The average Bonchev–Trinajstić information content (AvgIpc) is 3.41. The Labute approximate surface area is 189 Å². The summed E-state index contributed by atoms with van der Waals surface area (Å²) in [5.41, 5.74) is 4.58. The van der Waals surface area contributed by atoms with Crippen LogP contribution in [0.5, 0.6) is 0 Å². The number of tetrazole rings is 1. The van der Waals surface area contributed by atoms with Gasteiger partial charge in [-0.1, -0.05) is 30.0 Å². The SMILES string of the molecule is COC(=O)c1ccc(-n2c(C)cc(C(=O)CSc3nnnn3-c3ccccc3)c2C)cc1. The quantitative estimate of drug-likeness (QED) is 0.241. The summed E-state index contributed by atoms with van der Waals surface area (Å²) < 4.78 is 8.36. The fourth-order valence-electron chi connectivity index (χ4n) is 3.51. The van der Waals surface area contributed by atoms with E-state index < -0.39 is 0 Å². The van der Waals surface area contributed by atoms with Gasteiger partial charge in [-0.3, -0.25) is 4.79 Å². The fourth-order valence-corrected chi connectivity index (χ4v) is 4.29. The Morgan fingerprint density at radius 3 is 2.41 bits per heavy atom. The zero-order valence-corrected chi connectivity index (χ0v) is 18.7. The van der Waals surface area contributed by atoms with Crippen LogP contribution in [-0.2, 0) is 4.74 Å². The second-order valence-corrected chi connectivity index (χ2v) is 8.02. The summed E-state index contributed by atoms with van der Waals surface area (Å²) in [7, 11) is 1.35. The normalized spacial score (nSPS) is 10.8. The highest BCUT2D eigenvalue weighted by Crippen LogP contribution is 2.25. The Morgan fingerprint density at radius 1 is 1.00 bits per heavy atom. The first-order valence-electron chi connectivity index (χ1n) is 9.87. The largest absolute Gasteiger partial charge is 0.465 e. The lowest BCUT2D eigenvalue weighted by Gasteiger charge is -2.10. The number of esters is 1. The molecule has 0 aliphatic carbocycles. The van der Waals surface area contributed by atoms with Crippen molar-refractivity contribution in [1.29, 1.82) is 0 Å². The lowest BCUT2D eigenvalue weighted by atomic mass is 10.2. The second kappa shape index (κ2) is 9.19. The Kier molecular flexibility index (Phi) is 6.18. The van der Waals surface area contributed by atoms with Gasteiger partial charge in [0.25, 0.3) is 0 Å². The molecule has 0 N–H and O–H groups in total. The van der Waals surface area contributed by atoms with Gasteiger partial charge in [0.2, 0.25) is 5.16 Å². The van der Waals surface area contributed by atoms with Crippen LogP contribution in [0.25, 0.3) is 11.4 Å². The van der Waals surface area contributed by atoms with Crippen LogP contribution >= 0.6 is 11.8 Å². The van der Waals surface area contributed by atoms with Crippen LogP contribution < -0.4 is 0 Å². The predicted molar refractivity (Wildman–Crippen MR) is 121 cm³/mol. The molecule has 2 heterocycles. The molecule has 9 heteroatoms. The van der Waals surface area contributed by atoms with Gasteiger partial charge in [-0.15, -0.1) is 5.10 Å². The van der Waals surface area contributed by atoms with E-state index >= 15 is 0 Å². The molecule has 0 atom stereocenters. The average molecular weight is 448 g/mol. The van der Waals surface area contributed by atoms with E-state index in [9.17, 15) is 9.59 Å². The summed E-state index contributed by atoms with van der Waals surface area (Å²) >= 11 is 1.30. The predicted octanol–water partition coefficient (Wildman–Crippen LogP) is 3.83. The van der Waals surface area contributed by atoms with E-state index in [1.165, 1.54) is 18.9 Å². The molecule has 0 fully saturated rings. The standard InChI is InChI=1S/C23H21N5O3S/c1-15-13-20(16(2)27(15)18-11-9-17(10-12-18)22(30)31-3)21(29)14-32-23-24-25-26-28(23)19-7-5-4-6-8-19/h4-13H,14H2,1-3H3. The van der Waals surface area contributed by atoms with Gasteiger partial charge >= 0.3 is 5.97 Å². The maximum Gasteiger partial charge on any atom is 0.337 e. The molecule has 0 bridgehead atoms. The van der Waals surface area contributed by atoms with Crippen LogP contribution in [0.2, 0.25) is 0 Å². The molecule has 0 aliphatic rings. The van der Waals surface area contributed by atoms with Gasteiger partial charge in [0.1, 0.15) is 0 Å². The minimum absolute atomic E-state index is 0.0110. The third kappa shape index (κ3) is 4.19. The van der Waals surface area contributed by atoms with Crippen LogP contribution in [0.1, 0.15) is 32.1 Å². The van der Waals surface area contributed by atoms with Crippen LogP contribution in [0.3, 0.4) is 0 Å². The van der Waals surface area contributed by atoms with Gasteiger partial charge in [0, 0.05) is 22.6 Å². The van der Waals surface area contributed by atoms with Crippen molar-refractivity contribution >= 4 is 23.5 Å². The van der Waals surface area contributed by atoms with Gasteiger partial charge < -0.3 is 9.30 Å². The summed E-state index contributed by atoms with van der Waals surface area (Å²) in [5.74, 6) is -0.190. The lowest BCUT2D eigenvalue weighted by Crippen LogP contribution is -2.07. The van der Waals surface area contributed by atoms with Gasteiger partial charge in [0.15, 0.2) is 5.78 Å². The van der Waals surface area contributed by atoms with Crippen molar-refractivity contribution in [3.05, 3.63) is 83.2 Å². The van der Waals surface area contributed by atoms with Crippen molar-refractivity contribution in [3.8, 4) is 11.4 Å². The van der Waals surface area contributed by atoms with Gasteiger partial charge in [-0.05, 0) is 66.7 Å². The van der Waals surface area contributed by atoms with E-state index in [4.69, 9.17) is 4.74 Å². The molecule has 0 spiro atoms. The highest BCUT2D eigenvalue weighted by molar-refractivity contribution is 7.99. The number of methoxy groups -OCH3 is 1. The number of ether oxygens (including phenoxy) is 1. The summed E-state index contributed by atoms with van der Waals surface area (Å²) in [5, 5.41) is 12.4. The lowest BCUT2D eigenvalue weighted by molar-refractivity contribution is 0.0600. The van der Waals surface area contributed by atoms with Crippen molar-refractivity contribution in [2.75, 3.05) is 12.9 Å². The number of benzene rings is 2. The Hall–Kier alpha value is -3.72. The Balaban J connectivity index is 1.53. The van der Waals surface area contributed by atoms with Crippen molar-refractivity contribution in [2.24, 2.45) is 0 Å². The molecule has 0 saturated heterocycles. The van der Waals surface area contributed by atoms with Crippen molar-refractivity contribution in [2.45, 2.75) is 19.0 Å². The molecular weight excluding hydrogens is 426 g/mol. The first-order valence-corrected chi connectivity index (χ1v) is 10.9. The van der Waals surface area contributed by atoms with E-state index in [1.807, 2.05) is 66.9 Å². The molecule has 2 aromatic heterocycles. The molecule has 0 amide bonds. The molecular formula is C23H21N5O3S. The van der Waals surface area contributed by atoms with Gasteiger partial charge in [-0.25, -0.2) is 4.79 Å². The number of nitrogens with zero attached hydrogens (tertiary/aromatic N) is 5. The summed E-state index contributed by atoms with van der Waals surface area (Å²) in [4.78, 5) is 24.7. The molecule has 32 heavy (non-hydrogen) atoms. The Morgan fingerprint density at radius 2 is 1.72 bits per heavy atom. The molecule has 0 unspecified atom stereocenters. The zero-order valence-electron chi connectivity index (χ0n) is 17.8. The molecule has 162 valence electrons. The first kappa shape index (κ1) is 21.5. The van der Waals surface area contributed by atoms with Crippen LogP contribution in [0, 0.1) is 13.8 Å². The summed E-state index contributed by atoms with van der Waals surface area (Å²) in [6.07, 6.45) is 0. The molecule has 4 rings (SSSR count). The van der Waals surface area contributed by atoms with E-state index in [2.05, 4.69) is 15.5 Å². The molecule has 0 saturated carbocycles. The van der Waals surface area contributed by atoms with Crippen molar-refractivity contribution < 1.29 is 14.3 Å². The van der Waals surface area contributed by atoms with Gasteiger partial charge in [-0.2, -0.15) is 4.68 Å². The molecule has 2 aromatic carbocycles. The maximum atomic E-state index is 13.0. The number of carbonyl (C=O) groups is 2. The summed E-state index contributed by atoms with van der Waals surface area (Å²) in [6, 6.07) is 18.5.